The molecule has 0 aromatic carbocycles. The zero-order valence-corrected chi connectivity index (χ0v) is 14.4. The van der Waals surface area contributed by atoms with Crippen LogP contribution < -0.4 is 0 Å². The summed E-state index contributed by atoms with van der Waals surface area (Å²) in [6, 6.07) is 0.454. The minimum absolute atomic E-state index is 0.139. The summed E-state index contributed by atoms with van der Waals surface area (Å²) in [5.41, 5.74) is 2.06. The van der Waals surface area contributed by atoms with E-state index in [1.807, 2.05) is 31.9 Å². The largest absolute Gasteiger partial charge is 0.338 e. The summed E-state index contributed by atoms with van der Waals surface area (Å²) in [5.74, 6) is 1.21. The van der Waals surface area contributed by atoms with Crippen molar-refractivity contribution in [3.63, 3.8) is 0 Å². The standard InChI is InChI=1S/C16H22N4OS/c1-10-9-17-12(3)20(10)14-5-7-19(8-6-14)16(21)15-11(2)18-13(4)22-15/h9,14H,5-8H2,1-4H3. The topological polar surface area (TPSA) is 51.0 Å². The van der Waals surface area contributed by atoms with Crippen LogP contribution in [0, 0.1) is 27.7 Å². The molecule has 0 aliphatic carbocycles. The fraction of sp³-hybridized carbons (Fsp3) is 0.562. The van der Waals surface area contributed by atoms with Crippen LogP contribution in [0.25, 0.3) is 0 Å². The maximum Gasteiger partial charge on any atom is 0.265 e. The highest BCUT2D eigenvalue weighted by Crippen LogP contribution is 2.27. The number of amides is 1. The second-order valence-electron chi connectivity index (χ2n) is 5.99. The molecule has 1 aliphatic heterocycles. The average molecular weight is 318 g/mol. The maximum atomic E-state index is 12.6. The molecule has 6 heteroatoms. The number of aromatic nitrogens is 3. The number of thiazole rings is 1. The fourth-order valence-electron chi connectivity index (χ4n) is 3.32. The van der Waals surface area contributed by atoms with Crippen LogP contribution in [-0.4, -0.2) is 38.4 Å². The molecule has 0 spiro atoms. The Morgan fingerprint density at radius 1 is 1.23 bits per heavy atom. The van der Waals surface area contributed by atoms with Gasteiger partial charge in [-0.05, 0) is 40.5 Å². The van der Waals surface area contributed by atoms with Gasteiger partial charge in [0.2, 0.25) is 0 Å². The normalized spacial score (nSPS) is 16.3. The molecule has 1 fully saturated rings. The SMILES string of the molecule is Cc1nc(C)c(C(=O)N2CCC(n3c(C)cnc3C)CC2)s1. The van der Waals surface area contributed by atoms with E-state index in [-0.39, 0.29) is 5.91 Å². The third kappa shape index (κ3) is 2.67. The van der Waals surface area contributed by atoms with Gasteiger partial charge in [-0.3, -0.25) is 4.79 Å². The second-order valence-corrected chi connectivity index (χ2v) is 7.19. The minimum Gasteiger partial charge on any atom is -0.338 e. The molecule has 1 amide bonds. The zero-order chi connectivity index (χ0) is 15.9. The van der Waals surface area contributed by atoms with Gasteiger partial charge < -0.3 is 9.47 Å². The van der Waals surface area contributed by atoms with E-state index >= 15 is 0 Å². The molecule has 3 heterocycles. The van der Waals surface area contributed by atoms with Crippen LogP contribution in [0.4, 0.5) is 0 Å². The number of carbonyl (C=O) groups excluding carboxylic acids is 1. The van der Waals surface area contributed by atoms with Crippen molar-refractivity contribution in [3.05, 3.63) is 33.3 Å². The monoisotopic (exact) mass is 318 g/mol. The van der Waals surface area contributed by atoms with Crippen LogP contribution in [0.3, 0.4) is 0 Å². The summed E-state index contributed by atoms with van der Waals surface area (Å²) in [6.07, 6.45) is 3.90. The lowest BCUT2D eigenvalue weighted by atomic mass is 10.0. The number of likely N-dealkylation sites (tertiary alicyclic amines) is 1. The van der Waals surface area contributed by atoms with Gasteiger partial charge in [0.15, 0.2) is 0 Å². The van der Waals surface area contributed by atoms with Gasteiger partial charge >= 0.3 is 0 Å². The highest BCUT2D eigenvalue weighted by atomic mass is 32.1. The van der Waals surface area contributed by atoms with E-state index in [0.717, 1.165) is 47.3 Å². The van der Waals surface area contributed by atoms with Gasteiger partial charge in [-0.15, -0.1) is 11.3 Å². The molecule has 5 nitrogen and oxygen atoms in total. The van der Waals surface area contributed by atoms with Crippen LogP contribution in [0.5, 0.6) is 0 Å². The summed E-state index contributed by atoms with van der Waals surface area (Å²) in [4.78, 5) is 24.2. The number of nitrogens with zero attached hydrogens (tertiary/aromatic N) is 4. The van der Waals surface area contributed by atoms with Crippen molar-refractivity contribution in [1.82, 2.24) is 19.4 Å². The smallest absolute Gasteiger partial charge is 0.265 e. The maximum absolute atomic E-state index is 12.6. The molecular weight excluding hydrogens is 296 g/mol. The third-order valence-corrected chi connectivity index (χ3v) is 5.44. The first-order valence-electron chi connectivity index (χ1n) is 7.71. The van der Waals surface area contributed by atoms with Crippen molar-refractivity contribution in [2.75, 3.05) is 13.1 Å². The first kappa shape index (κ1) is 15.2. The van der Waals surface area contributed by atoms with Crippen molar-refractivity contribution < 1.29 is 4.79 Å². The number of hydrogen-bond acceptors (Lipinski definition) is 4. The predicted molar refractivity (Wildman–Crippen MR) is 87.5 cm³/mol. The molecule has 2 aromatic rings. The predicted octanol–water partition coefficient (Wildman–Crippen LogP) is 3.05. The Labute approximate surface area is 135 Å². The molecule has 0 N–H and O–H groups in total. The van der Waals surface area contributed by atoms with E-state index in [1.165, 1.54) is 17.0 Å². The molecule has 0 radical (unpaired) electrons. The first-order chi connectivity index (χ1) is 10.5. The molecule has 0 unspecified atom stereocenters. The van der Waals surface area contributed by atoms with Crippen LogP contribution in [0.15, 0.2) is 6.20 Å². The summed E-state index contributed by atoms with van der Waals surface area (Å²) < 4.78 is 2.31. The van der Waals surface area contributed by atoms with E-state index in [2.05, 4.69) is 21.5 Å². The Morgan fingerprint density at radius 2 is 1.91 bits per heavy atom. The highest BCUT2D eigenvalue weighted by molar-refractivity contribution is 7.13. The molecule has 0 saturated carbocycles. The zero-order valence-electron chi connectivity index (χ0n) is 13.6. The molecule has 1 saturated heterocycles. The van der Waals surface area contributed by atoms with Gasteiger partial charge in [0, 0.05) is 31.0 Å². The third-order valence-electron chi connectivity index (χ3n) is 4.38. The molecular formula is C16H22N4OS. The van der Waals surface area contributed by atoms with Crippen LogP contribution in [-0.2, 0) is 0 Å². The molecule has 3 rings (SSSR count). The van der Waals surface area contributed by atoms with Crippen LogP contribution in [0.2, 0.25) is 0 Å². The lowest BCUT2D eigenvalue weighted by Crippen LogP contribution is -2.39. The summed E-state index contributed by atoms with van der Waals surface area (Å²) >= 11 is 1.50. The first-order valence-corrected chi connectivity index (χ1v) is 8.52. The van der Waals surface area contributed by atoms with Gasteiger partial charge in [-0.1, -0.05) is 0 Å². The summed E-state index contributed by atoms with van der Waals surface area (Å²) in [6.45, 7) is 9.62. The molecule has 0 atom stereocenters. The molecule has 118 valence electrons. The van der Waals surface area contributed by atoms with Crippen molar-refractivity contribution in [1.29, 1.82) is 0 Å². The number of rotatable bonds is 2. The Bertz CT molecular complexity index is 676. The molecule has 22 heavy (non-hydrogen) atoms. The minimum atomic E-state index is 0.139. The van der Waals surface area contributed by atoms with Crippen molar-refractivity contribution in [3.8, 4) is 0 Å². The van der Waals surface area contributed by atoms with Gasteiger partial charge in [0.25, 0.3) is 5.91 Å². The van der Waals surface area contributed by atoms with Gasteiger partial charge in [-0.25, -0.2) is 9.97 Å². The summed E-state index contributed by atoms with van der Waals surface area (Å²) in [5, 5.41) is 0.959. The second kappa shape index (κ2) is 5.83. The van der Waals surface area contributed by atoms with E-state index in [1.54, 1.807) is 0 Å². The molecule has 0 bridgehead atoms. The van der Waals surface area contributed by atoms with Gasteiger partial charge in [0.1, 0.15) is 10.7 Å². The average Bonchev–Trinajstić information content (AvgIpc) is 3.00. The lowest BCUT2D eigenvalue weighted by Gasteiger charge is -2.33. The van der Waals surface area contributed by atoms with Gasteiger partial charge in [-0.2, -0.15) is 0 Å². The van der Waals surface area contributed by atoms with Crippen LogP contribution in [0.1, 0.15) is 50.8 Å². The Morgan fingerprint density at radius 3 is 2.41 bits per heavy atom. The fourth-order valence-corrected chi connectivity index (χ4v) is 4.21. The summed E-state index contributed by atoms with van der Waals surface area (Å²) in [7, 11) is 0. The number of piperidine rings is 1. The van der Waals surface area contributed by atoms with Crippen molar-refractivity contribution in [2.45, 2.75) is 46.6 Å². The number of hydrogen-bond donors (Lipinski definition) is 0. The van der Waals surface area contributed by atoms with Crippen molar-refractivity contribution in [2.24, 2.45) is 0 Å². The molecule has 2 aromatic heterocycles. The number of aryl methyl sites for hydroxylation is 4. The van der Waals surface area contributed by atoms with E-state index in [9.17, 15) is 4.79 Å². The van der Waals surface area contributed by atoms with Crippen LogP contribution >= 0.6 is 11.3 Å². The number of carbonyl (C=O) groups is 1. The Balaban J connectivity index is 1.69. The lowest BCUT2D eigenvalue weighted by molar-refractivity contribution is 0.0697. The number of imidazole rings is 1. The Hall–Kier alpha value is -1.69. The van der Waals surface area contributed by atoms with Crippen molar-refractivity contribution >= 4 is 17.2 Å². The Kier molecular flexibility index (Phi) is 4.04. The van der Waals surface area contributed by atoms with E-state index in [4.69, 9.17) is 0 Å². The molecule has 1 aliphatic rings. The highest BCUT2D eigenvalue weighted by Gasteiger charge is 2.27. The van der Waals surface area contributed by atoms with E-state index in [0.29, 0.717) is 6.04 Å². The van der Waals surface area contributed by atoms with E-state index < -0.39 is 0 Å². The van der Waals surface area contributed by atoms with Gasteiger partial charge in [0.05, 0.1) is 10.7 Å². The quantitative estimate of drug-likeness (QED) is 0.855.